The van der Waals surface area contributed by atoms with Gasteiger partial charge in [-0.1, -0.05) is 43.3 Å². The molecule has 1 saturated heterocycles. The first-order valence-corrected chi connectivity index (χ1v) is 14.2. The fraction of sp³-hybridized carbons (Fsp3) is 0.429. The van der Waals surface area contributed by atoms with Crippen LogP contribution in [0.3, 0.4) is 0 Å². The number of halogens is 1. The molecular weight excluding hydrogens is 522 g/mol. The number of hydrogen-bond donors (Lipinski definition) is 0. The molecule has 3 heterocycles. The van der Waals surface area contributed by atoms with Crippen LogP contribution in [-0.4, -0.2) is 63.1 Å². The van der Waals surface area contributed by atoms with Crippen LogP contribution in [0.2, 0.25) is 0 Å². The smallest absolute Gasteiger partial charge is 0.272 e. The van der Waals surface area contributed by atoms with Crippen molar-refractivity contribution in [1.29, 1.82) is 5.26 Å². The van der Waals surface area contributed by atoms with E-state index in [1.165, 1.54) is 0 Å². The number of allylic oxidation sites excluding steroid dienone is 3. The summed E-state index contributed by atoms with van der Waals surface area (Å²) in [6, 6.07) is 7.59. The number of carbonyl (C=O) groups is 2. The minimum absolute atomic E-state index is 0.0200. The van der Waals surface area contributed by atoms with E-state index in [4.69, 9.17) is 16.3 Å². The predicted octanol–water partition coefficient (Wildman–Crippen LogP) is 5.35. The number of thioether (sulfide) groups is 1. The summed E-state index contributed by atoms with van der Waals surface area (Å²) in [6.45, 7) is 9.21. The lowest BCUT2D eigenvalue weighted by Crippen LogP contribution is -2.52. The lowest BCUT2D eigenvalue weighted by molar-refractivity contribution is -0.134. The van der Waals surface area contributed by atoms with Gasteiger partial charge in [-0.25, -0.2) is 4.98 Å². The first kappa shape index (κ1) is 27.8. The monoisotopic (exact) mass is 553 g/mol. The summed E-state index contributed by atoms with van der Waals surface area (Å²) in [4.78, 5) is 34.3. The van der Waals surface area contributed by atoms with E-state index < -0.39 is 0 Å². The van der Waals surface area contributed by atoms with Crippen LogP contribution < -0.4 is 4.74 Å². The molecule has 0 N–H and O–H groups in total. The third kappa shape index (κ3) is 5.62. The van der Waals surface area contributed by atoms with Gasteiger partial charge in [0.05, 0.1) is 23.6 Å². The maximum absolute atomic E-state index is 13.6. The Morgan fingerprint density at radius 2 is 2.11 bits per heavy atom. The number of imidazole rings is 1. The third-order valence-electron chi connectivity index (χ3n) is 6.89. The number of nitrogens with zero attached hydrogens (tertiary/aromatic N) is 5. The Hall–Kier alpha value is -3.22. The second kappa shape index (κ2) is 12.1. The molecule has 1 aromatic carbocycles. The van der Waals surface area contributed by atoms with Gasteiger partial charge >= 0.3 is 0 Å². The van der Waals surface area contributed by atoms with Gasteiger partial charge < -0.3 is 19.1 Å². The van der Waals surface area contributed by atoms with Gasteiger partial charge in [-0.2, -0.15) is 5.26 Å². The zero-order valence-corrected chi connectivity index (χ0v) is 23.7. The number of hydrogen-bond acceptors (Lipinski definition) is 6. The molecular formula is C28H32ClN5O3S. The van der Waals surface area contributed by atoms with Crippen LogP contribution in [0.25, 0.3) is 0 Å². The van der Waals surface area contributed by atoms with Gasteiger partial charge in [0.1, 0.15) is 24.1 Å². The Morgan fingerprint density at radius 1 is 1.32 bits per heavy atom. The van der Waals surface area contributed by atoms with Crippen LogP contribution in [-0.2, 0) is 4.79 Å². The molecule has 1 aromatic heterocycles. The predicted molar refractivity (Wildman–Crippen MR) is 148 cm³/mol. The Bertz CT molecular complexity index is 1340. The molecule has 2 aliphatic heterocycles. The Labute approximate surface area is 232 Å². The van der Waals surface area contributed by atoms with Crippen molar-refractivity contribution in [3.05, 3.63) is 63.7 Å². The van der Waals surface area contributed by atoms with Crippen molar-refractivity contribution in [1.82, 2.24) is 19.4 Å². The summed E-state index contributed by atoms with van der Waals surface area (Å²) in [5, 5.41) is 11.1. The average Bonchev–Trinajstić information content (AvgIpc) is 3.54. The summed E-state index contributed by atoms with van der Waals surface area (Å²) in [7, 11) is 0. The molecule has 8 nitrogen and oxygen atoms in total. The number of rotatable bonds is 8. The minimum atomic E-state index is -0.213. The first-order valence-electron chi connectivity index (χ1n) is 12.8. The molecule has 0 aliphatic carbocycles. The summed E-state index contributed by atoms with van der Waals surface area (Å²) in [5.74, 6) is 1.68. The van der Waals surface area contributed by atoms with Crippen molar-refractivity contribution in [3.63, 3.8) is 0 Å². The van der Waals surface area contributed by atoms with E-state index in [2.05, 4.69) is 11.1 Å². The van der Waals surface area contributed by atoms with Crippen LogP contribution >= 0.6 is 23.4 Å². The number of ether oxygens (including phenoxy) is 1. The maximum Gasteiger partial charge on any atom is 0.272 e. The molecule has 1 fully saturated rings. The van der Waals surface area contributed by atoms with Gasteiger partial charge in [0.25, 0.3) is 5.91 Å². The van der Waals surface area contributed by atoms with Crippen LogP contribution in [0.15, 0.2) is 52.0 Å². The van der Waals surface area contributed by atoms with E-state index in [1.807, 2.05) is 50.5 Å². The number of nitriles is 1. The second-order valence-corrected chi connectivity index (χ2v) is 10.7. The zero-order valence-electron chi connectivity index (χ0n) is 22.2. The topological polar surface area (TPSA) is 91.5 Å². The number of amides is 2. The van der Waals surface area contributed by atoms with Crippen LogP contribution in [0, 0.1) is 11.3 Å². The van der Waals surface area contributed by atoms with Crippen molar-refractivity contribution in [2.45, 2.75) is 51.7 Å². The lowest BCUT2D eigenvalue weighted by Gasteiger charge is -2.35. The lowest BCUT2D eigenvalue weighted by atomic mass is 10.0. The molecule has 10 heteroatoms. The summed E-state index contributed by atoms with van der Waals surface area (Å²) in [5.41, 5.74) is 2.81. The number of piperazine rings is 1. The highest BCUT2D eigenvalue weighted by molar-refractivity contribution is 7.99. The highest BCUT2D eigenvalue weighted by atomic mass is 35.5. The van der Waals surface area contributed by atoms with E-state index in [-0.39, 0.29) is 24.4 Å². The molecule has 4 rings (SSSR count). The van der Waals surface area contributed by atoms with Gasteiger partial charge in [0, 0.05) is 36.8 Å². The van der Waals surface area contributed by atoms with Gasteiger partial charge in [-0.3, -0.25) is 9.59 Å². The summed E-state index contributed by atoms with van der Waals surface area (Å²) < 4.78 is 7.97. The molecule has 0 radical (unpaired) electrons. The molecule has 200 valence electrons. The molecule has 2 amide bonds. The van der Waals surface area contributed by atoms with Crippen molar-refractivity contribution < 1.29 is 14.3 Å². The summed E-state index contributed by atoms with van der Waals surface area (Å²) >= 11 is 7.83. The molecule has 38 heavy (non-hydrogen) atoms. The fourth-order valence-corrected chi connectivity index (χ4v) is 5.87. The largest absolute Gasteiger partial charge is 0.461 e. The molecule has 1 atom stereocenters. The van der Waals surface area contributed by atoms with Gasteiger partial charge in [0.15, 0.2) is 5.16 Å². The number of aromatic nitrogens is 2. The molecule has 0 saturated carbocycles. The van der Waals surface area contributed by atoms with E-state index in [1.54, 1.807) is 33.8 Å². The van der Waals surface area contributed by atoms with E-state index in [0.717, 1.165) is 33.5 Å². The SMILES string of the molecule is C/C=C(\CC)Oc1cc([C@H]2CSc3ncc(C(=O)N4CCN(C/C(C)=C(\Cl)CC)C(=O)C4)n32)ccc1C#N. The average molecular weight is 554 g/mol. The normalized spacial score (nSPS) is 18.3. The fourth-order valence-electron chi connectivity index (χ4n) is 4.67. The van der Waals surface area contributed by atoms with Crippen LogP contribution in [0.4, 0.5) is 0 Å². The molecule has 0 unspecified atom stereocenters. The highest BCUT2D eigenvalue weighted by Crippen LogP contribution is 2.40. The first-order chi connectivity index (χ1) is 18.3. The third-order valence-corrected chi connectivity index (χ3v) is 8.53. The van der Waals surface area contributed by atoms with Crippen molar-refractivity contribution in [3.8, 4) is 11.8 Å². The van der Waals surface area contributed by atoms with Crippen molar-refractivity contribution in [2.75, 3.05) is 31.9 Å². The van der Waals surface area contributed by atoms with Crippen LogP contribution in [0.5, 0.6) is 5.75 Å². The van der Waals surface area contributed by atoms with E-state index in [9.17, 15) is 14.9 Å². The minimum Gasteiger partial charge on any atom is -0.461 e. The summed E-state index contributed by atoms with van der Waals surface area (Å²) in [6.07, 6.45) is 4.93. The molecule has 2 aromatic rings. The van der Waals surface area contributed by atoms with E-state index in [0.29, 0.717) is 48.8 Å². The molecule has 2 aliphatic rings. The Kier molecular flexibility index (Phi) is 8.85. The Balaban J connectivity index is 1.55. The van der Waals surface area contributed by atoms with Crippen LogP contribution in [0.1, 0.15) is 68.2 Å². The number of carbonyl (C=O) groups excluding carboxylic acids is 2. The Morgan fingerprint density at radius 3 is 2.76 bits per heavy atom. The second-order valence-electron chi connectivity index (χ2n) is 9.28. The zero-order chi connectivity index (χ0) is 27.4. The molecule has 0 spiro atoms. The van der Waals surface area contributed by atoms with Gasteiger partial charge in [-0.05, 0) is 49.6 Å². The van der Waals surface area contributed by atoms with Crippen molar-refractivity contribution >= 4 is 35.2 Å². The van der Waals surface area contributed by atoms with Gasteiger partial charge in [0.2, 0.25) is 5.91 Å². The molecule has 0 bridgehead atoms. The number of benzene rings is 1. The quantitative estimate of drug-likeness (QED) is 0.409. The van der Waals surface area contributed by atoms with Gasteiger partial charge in [-0.15, -0.1) is 0 Å². The van der Waals surface area contributed by atoms with Crippen molar-refractivity contribution in [2.24, 2.45) is 0 Å². The number of fused-ring (bicyclic) bond motifs is 1. The maximum atomic E-state index is 13.6. The standard InChI is InChI=1S/C28H32ClN5O3S/c1-5-21(6-2)37-25-12-19(8-9-20(25)13-30)24-17-38-28-31-14-23(34(24)28)27(36)33-11-10-32(26(35)16-33)15-18(4)22(29)7-3/h5,8-9,12,14,24H,6-7,10-11,15-17H2,1-4H3/b21-5+,22-18-/t24-/m1/s1. The van der Waals surface area contributed by atoms with E-state index >= 15 is 0 Å². The highest BCUT2D eigenvalue weighted by Gasteiger charge is 2.35.